The van der Waals surface area contributed by atoms with E-state index >= 15 is 0 Å². The van der Waals surface area contributed by atoms with Gasteiger partial charge in [0.15, 0.2) is 17.1 Å². The molecular formula is C34H34N4O8S2. The average Bonchev–Trinajstić information content (AvgIpc) is 3.59. The highest BCUT2D eigenvalue weighted by molar-refractivity contribution is 8.26. The number of carbonyl (C=O) groups excluding carboxylic acids is 1. The van der Waals surface area contributed by atoms with Crippen molar-refractivity contribution in [2.75, 3.05) is 65.5 Å². The second-order valence-electron chi connectivity index (χ2n) is 11.0. The van der Waals surface area contributed by atoms with E-state index in [1.807, 2.05) is 42.5 Å². The fraction of sp³-hybridized carbons (Fsp3) is 0.294. The fourth-order valence-corrected chi connectivity index (χ4v) is 6.69. The molecule has 3 aromatic carbocycles. The number of benzene rings is 3. The molecule has 3 N–H and O–H groups in total. The number of ether oxygens (including phenoxy) is 4. The van der Waals surface area contributed by atoms with Crippen molar-refractivity contribution in [1.82, 2.24) is 14.8 Å². The highest BCUT2D eigenvalue weighted by atomic mass is 32.2. The van der Waals surface area contributed by atoms with Crippen LogP contribution in [0.5, 0.6) is 17.2 Å². The Morgan fingerprint density at radius 3 is 2.62 bits per heavy atom. The van der Waals surface area contributed by atoms with Crippen molar-refractivity contribution in [2.24, 2.45) is 0 Å². The summed E-state index contributed by atoms with van der Waals surface area (Å²) in [7, 11) is 1.45. The first-order valence-corrected chi connectivity index (χ1v) is 16.5. The van der Waals surface area contributed by atoms with Crippen LogP contribution in [0.25, 0.3) is 28.3 Å². The largest absolute Gasteiger partial charge is 0.493 e. The molecule has 0 saturated carbocycles. The molecule has 0 aliphatic carbocycles. The zero-order valence-electron chi connectivity index (χ0n) is 26.2. The number of rotatable bonds is 13. The van der Waals surface area contributed by atoms with Crippen LogP contribution in [0, 0.1) is 0 Å². The number of amides is 1. The Bertz CT molecular complexity index is 1870. The maximum atomic E-state index is 13.4. The van der Waals surface area contributed by atoms with Gasteiger partial charge in [-0.25, -0.2) is 4.79 Å². The Morgan fingerprint density at radius 2 is 1.83 bits per heavy atom. The summed E-state index contributed by atoms with van der Waals surface area (Å²) in [6, 6.07) is 16.0. The van der Waals surface area contributed by atoms with Gasteiger partial charge in [-0.3, -0.25) is 14.6 Å². The molecule has 12 nitrogen and oxygen atoms in total. The first-order valence-electron chi connectivity index (χ1n) is 15.3. The molecule has 0 bridgehead atoms. The van der Waals surface area contributed by atoms with Crippen LogP contribution < -0.4 is 19.9 Å². The summed E-state index contributed by atoms with van der Waals surface area (Å²) < 4.78 is 28.8. The van der Waals surface area contributed by atoms with Gasteiger partial charge in [-0.15, -0.1) is 0 Å². The smallest absolute Gasteiger partial charge is 0.335 e. The van der Waals surface area contributed by atoms with Gasteiger partial charge in [-0.1, -0.05) is 36.1 Å². The summed E-state index contributed by atoms with van der Waals surface area (Å²) in [6.45, 7) is 5.12. The third-order valence-electron chi connectivity index (χ3n) is 7.85. The number of aromatic nitrogens is 1. The number of thioether (sulfide) groups is 1. The molecule has 2 aliphatic rings. The summed E-state index contributed by atoms with van der Waals surface area (Å²) in [5.74, 6) is 0.212. The van der Waals surface area contributed by atoms with E-state index in [1.165, 1.54) is 31.0 Å². The first-order chi connectivity index (χ1) is 23.3. The maximum absolute atomic E-state index is 13.4. The lowest BCUT2D eigenvalue weighted by molar-refractivity contribution is -0.122. The number of anilines is 1. The standard InChI is InChI=1S/C34H34N4O8S2/c1-42-29-20-23(32(40)41)5-8-28(29)44-13-2-9-38-31(39)30(48-34(38)47)18-21-3-6-26(45-16-12-37-10-14-43-15-11-37)24(17-21)22-4-7-27-25(19-22)36-33(35)46-27/h3-8,17-20H,2,9-16H2,1H3,(H2,35,36)(H,40,41). The van der Waals surface area contributed by atoms with Crippen molar-refractivity contribution in [3.05, 3.63) is 70.6 Å². The van der Waals surface area contributed by atoms with Crippen molar-refractivity contribution in [1.29, 1.82) is 0 Å². The minimum Gasteiger partial charge on any atom is -0.493 e. The molecule has 3 heterocycles. The number of hydrogen-bond acceptors (Lipinski definition) is 12. The van der Waals surface area contributed by atoms with Crippen molar-refractivity contribution in [3.8, 4) is 28.4 Å². The average molecular weight is 691 g/mol. The third kappa shape index (κ3) is 7.73. The Kier molecular flexibility index (Phi) is 10.4. The van der Waals surface area contributed by atoms with Gasteiger partial charge in [-0.05, 0) is 66.1 Å². The van der Waals surface area contributed by atoms with Gasteiger partial charge in [0.25, 0.3) is 11.9 Å². The fourth-order valence-electron chi connectivity index (χ4n) is 5.38. The molecule has 1 amide bonds. The number of nitrogens with zero attached hydrogens (tertiary/aromatic N) is 3. The number of hydrogen-bond donors (Lipinski definition) is 2. The second-order valence-corrected chi connectivity index (χ2v) is 12.7. The van der Waals surface area contributed by atoms with Crippen LogP contribution in [0.15, 0.2) is 63.9 Å². The highest BCUT2D eigenvalue weighted by Gasteiger charge is 2.31. The number of fused-ring (bicyclic) bond motifs is 1. The van der Waals surface area contributed by atoms with E-state index in [-0.39, 0.29) is 24.1 Å². The normalized spacial score (nSPS) is 16.2. The quantitative estimate of drug-likeness (QED) is 0.108. The van der Waals surface area contributed by atoms with E-state index in [0.29, 0.717) is 57.1 Å². The molecule has 2 fully saturated rings. The lowest BCUT2D eigenvalue weighted by Gasteiger charge is -2.26. The summed E-state index contributed by atoms with van der Waals surface area (Å²) >= 11 is 6.81. The Balaban J connectivity index is 1.15. The van der Waals surface area contributed by atoms with Gasteiger partial charge in [0, 0.05) is 31.7 Å². The topological polar surface area (TPSA) is 150 Å². The molecule has 48 heavy (non-hydrogen) atoms. The number of aromatic carboxylic acids is 1. The lowest BCUT2D eigenvalue weighted by Crippen LogP contribution is -2.38. The van der Waals surface area contributed by atoms with Crippen LogP contribution in [0.3, 0.4) is 0 Å². The molecule has 0 unspecified atom stereocenters. The molecule has 250 valence electrons. The monoisotopic (exact) mass is 690 g/mol. The van der Waals surface area contributed by atoms with E-state index < -0.39 is 5.97 Å². The number of thiocarbonyl (C=S) groups is 1. The van der Waals surface area contributed by atoms with Crippen molar-refractivity contribution in [2.45, 2.75) is 6.42 Å². The number of carbonyl (C=O) groups is 2. The van der Waals surface area contributed by atoms with Crippen molar-refractivity contribution in [3.63, 3.8) is 0 Å². The zero-order chi connectivity index (χ0) is 33.6. The molecule has 1 aromatic heterocycles. The summed E-state index contributed by atoms with van der Waals surface area (Å²) in [6.07, 6.45) is 2.33. The Morgan fingerprint density at radius 1 is 1.04 bits per heavy atom. The van der Waals surface area contributed by atoms with Crippen LogP contribution in [0.1, 0.15) is 22.3 Å². The minimum atomic E-state index is -1.05. The van der Waals surface area contributed by atoms with Crippen LogP contribution >= 0.6 is 24.0 Å². The van der Waals surface area contributed by atoms with Gasteiger partial charge in [0.05, 0.1) is 37.4 Å². The molecule has 0 spiro atoms. The summed E-state index contributed by atoms with van der Waals surface area (Å²) in [4.78, 5) is 33.3. The number of carboxylic acids is 1. The Labute approximate surface area is 286 Å². The molecule has 14 heteroatoms. The van der Waals surface area contributed by atoms with Crippen LogP contribution in [-0.2, 0) is 9.53 Å². The van der Waals surface area contributed by atoms with Gasteiger partial charge in [0.1, 0.15) is 22.2 Å². The van der Waals surface area contributed by atoms with E-state index in [1.54, 1.807) is 11.0 Å². The number of nitrogens with two attached hydrogens (primary N) is 1. The van der Waals surface area contributed by atoms with Crippen LogP contribution in [-0.4, -0.2) is 95.8 Å². The Hall–Kier alpha value is -4.63. The van der Waals surface area contributed by atoms with Gasteiger partial charge >= 0.3 is 5.97 Å². The summed E-state index contributed by atoms with van der Waals surface area (Å²) in [5, 5.41) is 9.21. The molecule has 4 aromatic rings. The molecule has 0 atom stereocenters. The number of morpholine rings is 1. The predicted octanol–water partition coefficient (Wildman–Crippen LogP) is 5.17. The highest BCUT2D eigenvalue weighted by Crippen LogP contribution is 2.37. The first kappa shape index (κ1) is 33.3. The molecule has 2 aliphatic heterocycles. The van der Waals surface area contributed by atoms with Crippen molar-refractivity contribution >= 4 is 63.4 Å². The molecular weight excluding hydrogens is 657 g/mol. The van der Waals surface area contributed by atoms with Gasteiger partial charge < -0.3 is 34.2 Å². The SMILES string of the molecule is COc1cc(C(=O)O)ccc1OCCCN1C(=O)C(=Cc2ccc(OCCN3CCOCC3)c(-c3ccc4oc(N)nc4c3)c2)SC1=S. The van der Waals surface area contributed by atoms with Gasteiger partial charge in [0.2, 0.25) is 0 Å². The third-order valence-corrected chi connectivity index (χ3v) is 9.23. The van der Waals surface area contributed by atoms with E-state index in [4.69, 9.17) is 41.3 Å². The molecule has 2 saturated heterocycles. The van der Waals surface area contributed by atoms with Crippen LogP contribution in [0.4, 0.5) is 6.01 Å². The van der Waals surface area contributed by atoms with Crippen molar-refractivity contribution < 1.29 is 38.1 Å². The number of carboxylic acid groups (broad SMARTS) is 1. The number of nitrogen functional groups attached to an aromatic ring is 1. The predicted molar refractivity (Wildman–Crippen MR) is 187 cm³/mol. The minimum absolute atomic E-state index is 0.0978. The number of methoxy groups -OCH3 is 1. The second kappa shape index (κ2) is 15.1. The van der Waals surface area contributed by atoms with E-state index in [9.17, 15) is 14.7 Å². The van der Waals surface area contributed by atoms with E-state index in [0.717, 1.165) is 49.5 Å². The van der Waals surface area contributed by atoms with E-state index in [2.05, 4.69) is 9.88 Å². The maximum Gasteiger partial charge on any atom is 0.335 e. The molecule has 6 rings (SSSR count). The zero-order valence-corrected chi connectivity index (χ0v) is 27.8. The lowest BCUT2D eigenvalue weighted by atomic mass is 10.0. The van der Waals surface area contributed by atoms with Gasteiger partial charge in [-0.2, -0.15) is 4.98 Å². The van der Waals surface area contributed by atoms with Crippen LogP contribution in [0.2, 0.25) is 0 Å². The number of oxazole rings is 1. The summed E-state index contributed by atoms with van der Waals surface area (Å²) in [5.41, 5.74) is 9.63. The molecule has 0 radical (unpaired) electrons.